The topological polar surface area (TPSA) is 41.6 Å². The number of likely N-dealkylation sites (tertiary alicyclic amines) is 1. The summed E-state index contributed by atoms with van der Waals surface area (Å²) < 4.78 is 5.17. The molecule has 0 aromatic carbocycles. The Morgan fingerprint density at radius 1 is 1.50 bits per heavy atom. The molecule has 0 aromatic rings. The van der Waals surface area contributed by atoms with Crippen molar-refractivity contribution in [3.05, 3.63) is 0 Å². The molecule has 0 aromatic heterocycles. The minimum absolute atomic E-state index is 0.0534. The zero-order valence-corrected chi connectivity index (χ0v) is 8.85. The Morgan fingerprint density at radius 3 is 2.71 bits per heavy atom. The maximum absolute atomic E-state index is 10.8. The van der Waals surface area contributed by atoms with Crippen molar-refractivity contribution in [3.8, 4) is 0 Å². The van der Waals surface area contributed by atoms with Crippen LogP contribution in [0.3, 0.4) is 0 Å². The third-order valence-corrected chi connectivity index (χ3v) is 3.05. The molecule has 0 bridgehead atoms. The standard InChI is InChI=1S/C9H15ClN2O2/c10-3-8(13)11-1-2-12-4-9(5-12)6-14-7-9/h1-7H2,(H,11,13). The zero-order valence-electron chi connectivity index (χ0n) is 8.09. The molecule has 80 valence electrons. The number of carbonyl (C=O) groups excluding carboxylic acids is 1. The molecule has 2 rings (SSSR count). The van der Waals surface area contributed by atoms with Crippen LogP contribution in [0, 0.1) is 5.41 Å². The van der Waals surface area contributed by atoms with Crippen LogP contribution in [-0.4, -0.2) is 56.1 Å². The van der Waals surface area contributed by atoms with Gasteiger partial charge < -0.3 is 15.0 Å². The van der Waals surface area contributed by atoms with E-state index in [1.165, 1.54) is 0 Å². The summed E-state index contributed by atoms with van der Waals surface area (Å²) >= 11 is 5.35. The summed E-state index contributed by atoms with van der Waals surface area (Å²) in [5, 5.41) is 2.75. The van der Waals surface area contributed by atoms with Crippen molar-refractivity contribution in [2.24, 2.45) is 5.41 Å². The first-order chi connectivity index (χ1) is 6.74. The number of halogens is 1. The lowest BCUT2D eigenvalue weighted by molar-refractivity contribution is -0.188. The van der Waals surface area contributed by atoms with Gasteiger partial charge in [-0.05, 0) is 0 Å². The molecule has 0 radical (unpaired) electrons. The van der Waals surface area contributed by atoms with Crippen LogP contribution >= 0.6 is 11.6 Å². The molecule has 2 saturated heterocycles. The van der Waals surface area contributed by atoms with Crippen LogP contribution in [0.2, 0.25) is 0 Å². The number of hydrogen-bond donors (Lipinski definition) is 1. The normalized spacial score (nSPS) is 24.1. The fourth-order valence-electron chi connectivity index (χ4n) is 2.03. The largest absolute Gasteiger partial charge is 0.380 e. The van der Waals surface area contributed by atoms with Crippen LogP contribution in [0.25, 0.3) is 0 Å². The minimum Gasteiger partial charge on any atom is -0.380 e. The second-order valence-electron chi connectivity index (χ2n) is 4.19. The SMILES string of the molecule is O=C(CCl)NCCN1CC2(COC2)C1. The maximum Gasteiger partial charge on any atom is 0.234 e. The molecule has 1 amide bonds. The Bertz CT molecular complexity index is 223. The molecular weight excluding hydrogens is 204 g/mol. The zero-order chi connectivity index (χ0) is 10.0. The molecule has 0 atom stereocenters. The number of nitrogens with zero attached hydrogens (tertiary/aromatic N) is 1. The summed E-state index contributed by atoms with van der Waals surface area (Å²) in [6.07, 6.45) is 0. The van der Waals surface area contributed by atoms with Gasteiger partial charge in [-0.1, -0.05) is 0 Å². The van der Waals surface area contributed by atoms with Crippen LogP contribution in [0.1, 0.15) is 0 Å². The molecule has 1 spiro atoms. The van der Waals surface area contributed by atoms with Gasteiger partial charge in [-0.25, -0.2) is 0 Å². The molecule has 2 heterocycles. The Hall–Kier alpha value is -0.320. The van der Waals surface area contributed by atoms with Gasteiger partial charge in [0.25, 0.3) is 0 Å². The highest BCUT2D eigenvalue weighted by molar-refractivity contribution is 6.27. The fourth-order valence-corrected chi connectivity index (χ4v) is 2.13. The van der Waals surface area contributed by atoms with E-state index in [0.717, 1.165) is 32.8 Å². The Morgan fingerprint density at radius 2 is 2.21 bits per heavy atom. The van der Waals surface area contributed by atoms with E-state index in [1.807, 2.05) is 0 Å². The van der Waals surface area contributed by atoms with Crippen molar-refractivity contribution in [2.45, 2.75) is 0 Å². The molecule has 0 aliphatic carbocycles. The number of carbonyl (C=O) groups is 1. The van der Waals surface area contributed by atoms with Crippen LogP contribution in [-0.2, 0) is 9.53 Å². The van der Waals surface area contributed by atoms with E-state index in [-0.39, 0.29) is 11.8 Å². The third-order valence-electron chi connectivity index (χ3n) is 2.81. The van der Waals surface area contributed by atoms with E-state index >= 15 is 0 Å². The number of nitrogens with one attached hydrogen (secondary N) is 1. The average Bonchev–Trinajstić information content (AvgIpc) is 2.05. The molecule has 0 saturated carbocycles. The number of rotatable bonds is 4. The van der Waals surface area contributed by atoms with Crippen LogP contribution in [0.15, 0.2) is 0 Å². The number of alkyl halides is 1. The van der Waals surface area contributed by atoms with Crippen molar-refractivity contribution >= 4 is 17.5 Å². The molecular formula is C9H15ClN2O2. The third kappa shape index (κ3) is 2.02. The van der Waals surface area contributed by atoms with E-state index in [1.54, 1.807) is 0 Å². The van der Waals surface area contributed by atoms with Crippen molar-refractivity contribution in [3.63, 3.8) is 0 Å². The molecule has 2 aliphatic rings. The fraction of sp³-hybridized carbons (Fsp3) is 0.889. The summed E-state index contributed by atoms with van der Waals surface area (Å²) in [5.41, 5.74) is 0.469. The van der Waals surface area contributed by atoms with Gasteiger partial charge >= 0.3 is 0 Å². The monoisotopic (exact) mass is 218 g/mol. The smallest absolute Gasteiger partial charge is 0.234 e. The lowest BCUT2D eigenvalue weighted by Gasteiger charge is -2.55. The van der Waals surface area contributed by atoms with E-state index in [0.29, 0.717) is 12.0 Å². The second kappa shape index (κ2) is 4.04. The van der Waals surface area contributed by atoms with Crippen LogP contribution in [0.5, 0.6) is 0 Å². The molecule has 5 heteroatoms. The molecule has 2 fully saturated rings. The second-order valence-corrected chi connectivity index (χ2v) is 4.45. The summed E-state index contributed by atoms with van der Waals surface area (Å²) in [4.78, 5) is 13.1. The quantitative estimate of drug-likeness (QED) is 0.658. The highest BCUT2D eigenvalue weighted by Gasteiger charge is 2.48. The van der Waals surface area contributed by atoms with Gasteiger partial charge in [0.05, 0.1) is 13.2 Å². The van der Waals surface area contributed by atoms with E-state index in [2.05, 4.69) is 10.2 Å². The van der Waals surface area contributed by atoms with Crippen LogP contribution < -0.4 is 5.32 Å². The maximum atomic E-state index is 10.8. The first-order valence-corrected chi connectivity index (χ1v) is 5.40. The van der Waals surface area contributed by atoms with E-state index < -0.39 is 0 Å². The number of ether oxygens (including phenoxy) is 1. The summed E-state index contributed by atoms with van der Waals surface area (Å²) in [6.45, 7) is 5.68. The van der Waals surface area contributed by atoms with Gasteiger partial charge in [0, 0.05) is 31.6 Å². The first-order valence-electron chi connectivity index (χ1n) is 4.87. The van der Waals surface area contributed by atoms with Gasteiger partial charge in [0.15, 0.2) is 0 Å². The highest BCUT2D eigenvalue weighted by atomic mass is 35.5. The lowest BCUT2D eigenvalue weighted by Crippen LogP contribution is -2.66. The lowest BCUT2D eigenvalue weighted by atomic mass is 9.78. The Balaban J connectivity index is 1.54. The molecule has 14 heavy (non-hydrogen) atoms. The van der Waals surface area contributed by atoms with Gasteiger partial charge in [0.2, 0.25) is 5.91 Å². The molecule has 0 unspecified atom stereocenters. The van der Waals surface area contributed by atoms with Gasteiger partial charge in [-0.3, -0.25) is 4.79 Å². The predicted molar refractivity (Wildman–Crippen MR) is 53.4 cm³/mol. The Kier molecular flexibility index (Phi) is 2.95. The van der Waals surface area contributed by atoms with Crippen LogP contribution in [0.4, 0.5) is 0 Å². The van der Waals surface area contributed by atoms with Crippen molar-refractivity contribution in [2.75, 3.05) is 45.3 Å². The van der Waals surface area contributed by atoms with Crippen molar-refractivity contribution < 1.29 is 9.53 Å². The van der Waals surface area contributed by atoms with Gasteiger partial charge in [-0.2, -0.15) is 0 Å². The minimum atomic E-state index is -0.0890. The van der Waals surface area contributed by atoms with Crippen molar-refractivity contribution in [1.29, 1.82) is 0 Å². The first kappa shape index (κ1) is 10.2. The molecule has 1 N–H and O–H groups in total. The number of amides is 1. The average molecular weight is 219 g/mol. The summed E-state index contributed by atoms with van der Waals surface area (Å²) in [5.74, 6) is -0.0356. The number of hydrogen-bond acceptors (Lipinski definition) is 3. The molecule has 2 aliphatic heterocycles. The van der Waals surface area contributed by atoms with Crippen molar-refractivity contribution in [1.82, 2.24) is 10.2 Å². The summed E-state index contributed by atoms with van der Waals surface area (Å²) in [6, 6.07) is 0. The highest BCUT2D eigenvalue weighted by Crippen LogP contribution is 2.36. The van der Waals surface area contributed by atoms with E-state index in [4.69, 9.17) is 16.3 Å². The van der Waals surface area contributed by atoms with Gasteiger partial charge in [0.1, 0.15) is 5.88 Å². The predicted octanol–water partition coefficient (Wildman–Crippen LogP) is -0.326. The summed E-state index contributed by atoms with van der Waals surface area (Å²) in [7, 11) is 0. The Labute approximate surface area is 88.5 Å². The van der Waals surface area contributed by atoms with E-state index in [9.17, 15) is 4.79 Å². The molecule has 4 nitrogen and oxygen atoms in total. The van der Waals surface area contributed by atoms with Gasteiger partial charge in [-0.15, -0.1) is 11.6 Å².